The number of hydrogen-bond donors (Lipinski definition) is 3. The maximum Gasteiger partial charge on any atom is 0.305 e. The summed E-state index contributed by atoms with van der Waals surface area (Å²) in [6.07, 6.45) is 65.2. The van der Waals surface area contributed by atoms with Crippen molar-refractivity contribution in [2.24, 2.45) is 0 Å². The summed E-state index contributed by atoms with van der Waals surface area (Å²) < 4.78 is 5.46. The molecular formula is C59H115NO5. The highest BCUT2D eigenvalue weighted by Crippen LogP contribution is 2.18. The van der Waals surface area contributed by atoms with E-state index < -0.39 is 12.1 Å². The largest absolute Gasteiger partial charge is 0.466 e. The van der Waals surface area contributed by atoms with Crippen molar-refractivity contribution >= 4 is 11.9 Å². The second kappa shape index (κ2) is 55.2. The first kappa shape index (κ1) is 63.6. The summed E-state index contributed by atoms with van der Waals surface area (Å²) in [6.45, 7) is 4.92. The molecule has 0 aromatic carbocycles. The average Bonchev–Trinajstić information content (AvgIpc) is 3.31. The number of aliphatic hydroxyl groups is 2. The summed E-state index contributed by atoms with van der Waals surface area (Å²) in [6, 6.07) is -0.627. The van der Waals surface area contributed by atoms with Crippen molar-refractivity contribution in [1.82, 2.24) is 5.32 Å². The van der Waals surface area contributed by atoms with Gasteiger partial charge in [-0.05, 0) is 32.1 Å². The summed E-state index contributed by atoms with van der Waals surface area (Å²) in [7, 11) is 0. The van der Waals surface area contributed by atoms with Crippen LogP contribution in [0.25, 0.3) is 0 Å². The summed E-state index contributed by atoms with van der Waals surface area (Å²) in [4.78, 5) is 24.5. The Labute approximate surface area is 406 Å². The third-order valence-electron chi connectivity index (χ3n) is 13.8. The molecule has 0 saturated heterocycles. The minimum absolute atomic E-state index is 0.0115. The standard InChI is InChI=1S/C59H115NO5/c1-3-5-7-9-11-13-15-16-17-25-28-32-35-39-43-47-51-57(62)56(55-61)60-58(63)52-48-44-40-36-33-29-26-23-21-19-18-20-22-24-27-30-34-38-42-46-50-54-65-59(64)53-49-45-41-37-31-14-12-10-8-6-4-2/h47,51,56-57,61-62H,3-46,48-50,52-55H2,1-2H3,(H,60,63)/b51-47+. The monoisotopic (exact) mass is 918 g/mol. The minimum Gasteiger partial charge on any atom is -0.466 e. The zero-order chi connectivity index (χ0) is 47.2. The van der Waals surface area contributed by atoms with Crippen molar-refractivity contribution < 1.29 is 24.5 Å². The predicted molar refractivity (Wildman–Crippen MR) is 283 cm³/mol. The van der Waals surface area contributed by atoms with Gasteiger partial charge in [0.15, 0.2) is 0 Å². The van der Waals surface area contributed by atoms with Crippen LogP contribution in [0, 0.1) is 0 Å². The highest BCUT2D eigenvalue weighted by atomic mass is 16.5. The molecule has 386 valence electrons. The first-order chi connectivity index (χ1) is 32.0. The zero-order valence-electron chi connectivity index (χ0n) is 44.0. The van der Waals surface area contributed by atoms with Crippen LogP contribution >= 0.6 is 0 Å². The first-order valence-electron chi connectivity index (χ1n) is 29.5. The van der Waals surface area contributed by atoms with E-state index in [9.17, 15) is 19.8 Å². The zero-order valence-corrected chi connectivity index (χ0v) is 44.0. The normalized spacial score (nSPS) is 12.6. The SMILES string of the molecule is CCCCCCCCCCCCCCCC/C=C/C(O)C(CO)NC(=O)CCCCCCCCCCCCCCCCCCCCCCCOC(=O)CCCCCCCCCCCCC. The van der Waals surface area contributed by atoms with Gasteiger partial charge < -0.3 is 20.3 Å². The Bertz CT molecular complexity index is 970. The number of amides is 1. The molecule has 0 aliphatic rings. The summed E-state index contributed by atoms with van der Waals surface area (Å²) >= 11 is 0. The molecule has 0 rings (SSSR count). The summed E-state index contributed by atoms with van der Waals surface area (Å²) in [5, 5.41) is 23.1. The van der Waals surface area contributed by atoms with Crippen molar-refractivity contribution in [2.45, 2.75) is 341 Å². The van der Waals surface area contributed by atoms with Crippen molar-refractivity contribution in [3.63, 3.8) is 0 Å². The maximum atomic E-state index is 12.5. The van der Waals surface area contributed by atoms with Crippen LogP contribution in [0.1, 0.15) is 328 Å². The van der Waals surface area contributed by atoms with Gasteiger partial charge in [-0.25, -0.2) is 0 Å². The number of unbranched alkanes of at least 4 members (excludes halogenated alkanes) is 44. The quantitative estimate of drug-likeness (QED) is 0.0321. The Morgan fingerprint density at radius 3 is 1.05 bits per heavy atom. The van der Waals surface area contributed by atoms with Gasteiger partial charge in [-0.3, -0.25) is 9.59 Å². The van der Waals surface area contributed by atoms with Gasteiger partial charge in [0.2, 0.25) is 5.91 Å². The van der Waals surface area contributed by atoms with E-state index in [0.717, 1.165) is 38.5 Å². The Balaban J connectivity index is 3.41. The van der Waals surface area contributed by atoms with E-state index in [1.165, 1.54) is 263 Å². The van der Waals surface area contributed by atoms with Gasteiger partial charge in [0, 0.05) is 12.8 Å². The van der Waals surface area contributed by atoms with Crippen LogP contribution in [0.3, 0.4) is 0 Å². The third-order valence-corrected chi connectivity index (χ3v) is 13.8. The molecule has 0 aliphatic heterocycles. The van der Waals surface area contributed by atoms with Gasteiger partial charge in [-0.15, -0.1) is 0 Å². The van der Waals surface area contributed by atoms with Crippen LogP contribution in [0.2, 0.25) is 0 Å². The van der Waals surface area contributed by atoms with Gasteiger partial charge in [0.05, 0.1) is 25.4 Å². The van der Waals surface area contributed by atoms with E-state index in [1.54, 1.807) is 6.08 Å². The molecule has 0 saturated carbocycles. The lowest BCUT2D eigenvalue weighted by Gasteiger charge is -2.20. The lowest BCUT2D eigenvalue weighted by molar-refractivity contribution is -0.143. The van der Waals surface area contributed by atoms with Gasteiger partial charge in [-0.1, -0.05) is 296 Å². The number of aliphatic hydroxyl groups excluding tert-OH is 2. The Kier molecular flexibility index (Phi) is 54.0. The Hall–Kier alpha value is -1.40. The molecule has 0 spiro atoms. The molecule has 2 unspecified atom stereocenters. The third kappa shape index (κ3) is 51.8. The van der Waals surface area contributed by atoms with Gasteiger partial charge >= 0.3 is 5.97 Å². The van der Waals surface area contributed by atoms with Crippen LogP contribution in [-0.2, 0) is 14.3 Å². The predicted octanol–water partition coefficient (Wildman–Crippen LogP) is 18.1. The van der Waals surface area contributed by atoms with Gasteiger partial charge in [0.25, 0.3) is 0 Å². The number of hydrogen-bond acceptors (Lipinski definition) is 5. The Morgan fingerprint density at radius 2 is 0.708 bits per heavy atom. The molecule has 0 aliphatic carbocycles. The second-order valence-electron chi connectivity index (χ2n) is 20.3. The molecular weight excluding hydrogens is 803 g/mol. The highest BCUT2D eigenvalue weighted by molar-refractivity contribution is 5.76. The molecule has 0 radical (unpaired) electrons. The van der Waals surface area contributed by atoms with E-state index in [2.05, 4.69) is 19.2 Å². The molecule has 0 bridgehead atoms. The molecule has 0 heterocycles. The molecule has 1 amide bonds. The molecule has 0 aromatic rings. The van der Waals surface area contributed by atoms with Gasteiger partial charge in [-0.2, -0.15) is 0 Å². The van der Waals surface area contributed by atoms with E-state index in [-0.39, 0.29) is 18.5 Å². The smallest absolute Gasteiger partial charge is 0.305 e. The van der Waals surface area contributed by atoms with Crippen LogP contribution < -0.4 is 5.32 Å². The molecule has 6 heteroatoms. The number of ether oxygens (including phenoxy) is 1. The number of allylic oxidation sites excluding steroid dienone is 1. The fourth-order valence-corrected chi connectivity index (χ4v) is 9.28. The molecule has 2 atom stereocenters. The van der Waals surface area contributed by atoms with E-state index in [4.69, 9.17) is 4.74 Å². The average molecular weight is 919 g/mol. The molecule has 6 nitrogen and oxygen atoms in total. The second-order valence-corrected chi connectivity index (χ2v) is 20.3. The van der Waals surface area contributed by atoms with Gasteiger partial charge in [0.1, 0.15) is 0 Å². The van der Waals surface area contributed by atoms with Crippen LogP contribution in [0.4, 0.5) is 0 Å². The minimum atomic E-state index is -0.844. The van der Waals surface area contributed by atoms with Crippen molar-refractivity contribution in [3.05, 3.63) is 12.2 Å². The fourth-order valence-electron chi connectivity index (χ4n) is 9.28. The number of nitrogens with one attached hydrogen (secondary N) is 1. The highest BCUT2D eigenvalue weighted by Gasteiger charge is 2.18. The molecule has 0 fully saturated rings. The Morgan fingerprint density at radius 1 is 0.415 bits per heavy atom. The van der Waals surface area contributed by atoms with E-state index >= 15 is 0 Å². The van der Waals surface area contributed by atoms with E-state index in [0.29, 0.717) is 19.4 Å². The number of carbonyl (C=O) groups is 2. The van der Waals surface area contributed by atoms with Crippen molar-refractivity contribution in [3.8, 4) is 0 Å². The lowest BCUT2D eigenvalue weighted by atomic mass is 10.0. The number of esters is 1. The first-order valence-corrected chi connectivity index (χ1v) is 29.5. The number of rotatable bonds is 55. The van der Waals surface area contributed by atoms with Crippen LogP contribution in [0.15, 0.2) is 12.2 Å². The summed E-state index contributed by atoms with van der Waals surface area (Å²) in [5.74, 6) is -0.0551. The topological polar surface area (TPSA) is 95.9 Å². The molecule has 0 aromatic heterocycles. The number of carbonyl (C=O) groups excluding carboxylic acids is 2. The maximum absolute atomic E-state index is 12.5. The van der Waals surface area contributed by atoms with Crippen LogP contribution in [-0.4, -0.2) is 47.4 Å². The van der Waals surface area contributed by atoms with Crippen LogP contribution in [0.5, 0.6) is 0 Å². The van der Waals surface area contributed by atoms with E-state index in [1.807, 2.05) is 6.08 Å². The molecule has 65 heavy (non-hydrogen) atoms. The van der Waals surface area contributed by atoms with Crippen molar-refractivity contribution in [2.75, 3.05) is 13.2 Å². The molecule has 3 N–H and O–H groups in total. The van der Waals surface area contributed by atoms with Crippen molar-refractivity contribution in [1.29, 1.82) is 0 Å². The lowest BCUT2D eigenvalue weighted by Crippen LogP contribution is -2.45. The fraction of sp³-hybridized carbons (Fsp3) is 0.932. The summed E-state index contributed by atoms with van der Waals surface area (Å²) in [5.41, 5.74) is 0.